The maximum atomic E-state index is 12.1. The predicted octanol–water partition coefficient (Wildman–Crippen LogP) is 3.27. The number of amides is 2. The zero-order valence-corrected chi connectivity index (χ0v) is 12.1. The third-order valence-corrected chi connectivity index (χ3v) is 3.82. The first-order valence-corrected chi connectivity index (χ1v) is 7.26. The Labute approximate surface area is 125 Å². The van der Waals surface area contributed by atoms with Gasteiger partial charge in [0.25, 0.3) is 11.1 Å². The summed E-state index contributed by atoms with van der Waals surface area (Å²) in [7, 11) is 0. The molecule has 1 aromatic carbocycles. The fraction of sp³-hybridized carbons (Fsp3) is 0.214. The van der Waals surface area contributed by atoms with Crippen molar-refractivity contribution < 1.29 is 14.4 Å². The van der Waals surface area contributed by atoms with Gasteiger partial charge in [0.1, 0.15) is 0 Å². The molecule has 1 aliphatic rings. The van der Waals surface area contributed by atoms with Crippen molar-refractivity contribution in [3.63, 3.8) is 0 Å². The van der Waals surface area contributed by atoms with Gasteiger partial charge in [0.05, 0.1) is 4.91 Å². The predicted molar refractivity (Wildman–Crippen MR) is 79.2 cm³/mol. The first-order chi connectivity index (χ1) is 9.58. The van der Waals surface area contributed by atoms with Gasteiger partial charge in [0.15, 0.2) is 0 Å². The molecule has 1 aliphatic heterocycles. The SMILES string of the molecule is O=C(Cl)CCCN1C(=O)SC(=Cc2ccccc2)C1=O. The van der Waals surface area contributed by atoms with Gasteiger partial charge in [-0.15, -0.1) is 0 Å². The lowest BCUT2D eigenvalue weighted by Gasteiger charge is -2.10. The summed E-state index contributed by atoms with van der Waals surface area (Å²) in [5.41, 5.74) is 0.869. The highest BCUT2D eigenvalue weighted by molar-refractivity contribution is 8.18. The molecule has 1 fully saturated rings. The van der Waals surface area contributed by atoms with Crippen LogP contribution in [0.5, 0.6) is 0 Å². The molecular formula is C14H12ClNO3S. The molecular weight excluding hydrogens is 298 g/mol. The van der Waals surface area contributed by atoms with E-state index in [4.69, 9.17) is 11.6 Å². The van der Waals surface area contributed by atoms with Crippen molar-refractivity contribution in [2.24, 2.45) is 0 Å². The molecule has 2 rings (SSSR count). The number of rotatable bonds is 5. The molecule has 0 atom stereocenters. The summed E-state index contributed by atoms with van der Waals surface area (Å²) in [6, 6.07) is 9.33. The Morgan fingerprint density at radius 1 is 1.25 bits per heavy atom. The van der Waals surface area contributed by atoms with Gasteiger partial charge >= 0.3 is 0 Å². The summed E-state index contributed by atoms with van der Waals surface area (Å²) >= 11 is 6.14. The van der Waals surface area contributed by atoms with Crippen LogP contribution >= 0.6 is 23.4 Å². The molecule has 104 valence electrons. The summed E-state index contributed by atoms with van der Waals surface area (Å²) in [6.07, 6.45) is 2.23. The Hall–Kier alpha value is -1.59. The van der Waals surface area contributed by atoms with Gasteiger partial charge < -0.3 is 0 Å². The van der Waals surface area contributed by atoms with E-state index in [0.29, 0.717) is 11.3 Å². The Balaban J connectivity index is 2.05. The molecule has 4 nitrogen and oxygen atoms in total. The maximum absolute atomic E-state index is 12.1. The summed E-state index contributed by atoms with van der Waals surface area (Å²) in [4.78, 5) is 36.1. The number of nitrogens with zero attached hydrogens (tertiary/aromatic N) is 1. The lowest BCUT2D eigenvalue weighted by Crippen LogP contribution is -2.29. The molecule has 20 heavy (non-hydrogen) atoms. The molecule has 0 saturated carbocycles. The van der Waals surface area contributed by atoms with Crippen molar-refractivity contribution in [2.45, 2.75) is 12.8 Å². The van der Waals surface area contributed by atoms with Crippen molar-refractivity contribution in [3.8, 4) is 0 Å². The molecule has 1 saturated heterocycles. The van der Waals surface area contributed by atoms with E-state index in [1.807, 2.05) is 30.3 Å². The minimum atomic E-state index is -0.461. The van der Waals surface area contributed by atoms with Crippen LogP contribution in [0.25, 0.3) is 6.08 Å². The van der Waals surface area contributed by atoms with E-state index in [9.17, 15) is 14.4 Å². The van der Waals surface area contributed by atoms with E-state index >= 15 is 0 Å². The topological polar surface area (TPSA) is 54.5 Å². The number of hydrogen-bond donors (Lipinski definition) is 0. The fourth-order valence-electron chi connectivity index (χ4n) is 1.77. The second kappa shape index (κ2) is 6.72. The quantitative estimate of drug-likeness (QED) is 0.619. The second-order valence-corrected chi connectivity index (χ2v) is 5.62. The van der Waals surface area contributed by atoms with E-state index in [-0.39, 0.29) is 24.1 Å². The van der Waals surface area contributed by atoms with E-state index in [1.165, 1.54) is 0 Å². The second-order valence-electron chi connectivity index (χ2n) is 4.20. The molecule has 0 spiro atoms. The van der Waals surface area contributed by atoms with Crippen molar-refractivity contribution in [1.82, 2.24) is 4.90 Å². The number of carbonyl (C=O) groups is 3. The van der Waals surface area contributed by atoms with E-state index in [2.05, 4.69) is 0 Å². The molecule has 0 unspecified atom stereocenters. The first-order valence-electron chi connectivity index (χ1n) is 6.06. The van der Waals surface area contributed by atoms with Crippen LogP contribution < -0.4 is 0 Å². The van der Waals surface area contributed by atoms with Gasteiger partial charge in [-0.1, -0.05) is 30.3 Å². The van der Waals surface area contributed by atoms with Gasteiger partial charge in [-0.25, -0.2) is 0 Å². The highest BCUT2D eigenvalue weighted by atomic mass is 35.5. The van der Waals surface area contributed by atoms with Gasteiger partial charge in [0, 0.05) is 13.0 Å². The zero-order valence-electron chi connectivity index (χ0n) is 10.5. The van der Waals surface area contributed by atoms with Crippen LogP contribution in [0.2, 0.25) is 0 Å². The van der Waals surface area contributed by atoms with Crippen LogP contribution in [0.3, 0.4) is 0 Å². The van der Waals surface area contributed by atoms with Gasteiger partial charge in [-0.3, -0.25) is 19.3 Å². The molecule has 1 aromatic rings. The highest BCUT2D eigenvalue weighted by Gasteiger charge is 2.34. The average molecular weight is 310 g/mol. The van der Waals surface area contributed by atoms with Crippen LogP contribution in [-0.2, 0) is 9.59 Å². The van der Waals surface area contributed by atoms with Crippen molar-refractivity contribution in [2.75, 3.05) is 6.54 Å². The number of benzene rings is 1. The molecule has 0 aromatic heterocycles. The lowest BCUT2D eigenvalue weighted by atomic mass is 10.2. The van der Waals surface area contributed by atoms with Crippen LogP contribution in [0.15, 0.2) is 35.2 Å². The van der Waals surface area contributed by atoms with Gasteiger partial charge in [-0.2, -0.15) is 0 Å². The van der Waals surface area contributed by atoms with Crippen molar-refractivity contribution in [1.29, 1.82) is 0 Å². The molecule has 0 N–H and O–H groups in total. The Morgan fingerprint density at radius 2 is 1.95 bits per heavy atom. The minimum Gasteiger partial charge on any atom is -0.281 e. The Morgan fingerprint density at radius 3 is 2.60 bits per heavy atom. The zero-order chi connectivity index (χ0) is 14.5. The maximum Gasteiger partial charge on any atom is 0.293 e. The van der Waals surface area contributed by atoms with E-state index in [1.54, 1.807) is 6.08 Å². The number of halogens is 1. The largest absolute Gasteiger partial charge is 0.293 e. The third-order valence-electron chi connectivity index (χ3n) is 2.73. The molecule has 1 heterocycles. The lowest BCUT2D eigenvalue weighted by molar-refractivity contribution is -0.123. The van der Waals surface area contributed by atoms with Crippen molar-refractivity contribution in [3.05, 3.63) is 40.8 Å². The minimum absolute atomic E-state index is 0.154. The number of thioether (sulfide) groups is 1. The molecule has 0 radical (unpaired) electrons. The Bertz CT molecular complexity index is 571. The van der Waals surface area contributed by atoms with Gasteiger partial charge in [0.2, 0.25) is 5.24 Å². The summed E-state index contributed by atoms with van der Waals surface area (Å²) < 4.78 is 0. The standard InChI is InChI=1S/C14H12ClNO3S/c15-12(17)7-4-8-16-13(18)11(20-14(16)19)9-10-5-2-1-3-6-10/h1-3,5-6,9H,4,7-8H2. The first kappa shape index (κ1) is 14.8. The molecule has 2 amide bonds. The smallest absolute Gasteiger partial charge is 0.281 e. The van der Waals surface area contributed by atoms with Crippen LogP contribution in [0.4, 0.5) is 4.79 Å². The summed E-state index contributed by atoms with van der Waals surface area (Å²) in [5.74, 6) is -0.314. The van der Waals surface area contributed by atoms with Crippen LogP contribution in [0.1, 0.15) is 18.4 Å². The number of carbonyl (C=O) groups excluding carboxylic acids is 3. The fourth-order valence-corrected chi connectivity index (χ4v) is 2.77. The summed E-state index contributed by atoms with van der Waals surface area (Å²) in [6.45, 7) is 0.218. The van der Waals surface area contributed by atoms with Crippen molar-refractivity contribution >= 4 is 45.8 Å². The third kappa shape index (κ3) is 3.71. The highest BCUT2D eigenvalue weighted by Crippen LogP contribution is 2.32. The summed E-state index contributed by atoms with van der Waals surface area (Å²) in [5, 5.41) is -0.768. The average Bonchev–Trinajstić information content (AvgIpc) is 2.67. The Kier molecular flexibility index (Phi) is 4.98. The van der Waals surface area contributed by atoms with Crippen LogP contribution in [-0.4, -0.2) is 27.8 Å². The van der Waals surface area contributed by atoms with E-state index < -0.39 is 5.24 Å². The monoisotopic (exact) mass is 309 g/mol. The van der Waals surface area contributed by atoms with Gasteiger partial charge in [-0.05, 0) is 41.4 Å². The number of hydrogen-bond acceptors (Lipinski definition) is 4. The number of imide groups is 1. The molecule has 0 bridgehead atoms. The molecule has 0 aliphatic carbocycles. The van der Waals surface area contributed by atoms with E-state index in [0.717, 1.165) is 22.2 Å². The molecule has 6 heteroatoms. The normalized spacial score (nSPS) is 17.1. The van der Waals surface area contributed by atoms with Crippen LogP contribution in [0, 0.1) is 0 Å².